The van der Waals surface area contributed by atoms with Gasteiger partial charge in [-0.3, -0.25) is 0 Å². The van der Waals surface area contributed by atoms with Gasteiger partial charge in [-0.2, -0.15) is 0 Å². The van der Waals surface area contributed by atoms with E-state index in [1.165, 1.54) is 17.7 Å². The van der Waals surface area contributed by atoms with Crippen LogP contribution in [-0.4, -0.2) is 0 Å². The SMILES string of the molecule is C=C.CCCc1cccs1. The molecule has 0 aromatic carbocycles. The lowest BCUT2D eigenvalue weighted by Crippen LogP contribution is -1.71. The van der Waals surface area contributed by atoms with Gasteiger partial charge < -0.3 is 0 Å². The molecule has 1 aromatic rings. The lowest BCUT2D eigenvalue weighted by Gasteiger charge is -1.85. The highest BCUT2D eigenvalue weighted by molar-refractivity contribution is 7.09. The van der Waals surface area contributed by atoms with Gasteiger partial charge in [-0.25, -0.2) is 0 Å². The Bertz CT molecular complexity index is 142. The van der Waals surface area contributed by atoms with E-state index < -0.39 is 0 Å². The van der Waals surface area contributed by atoms with Crippen LogP contribution in [0.15, 0.2) is 30.7 Å². The molecule has 1 aromatic heterocycles. The molecule has 0 atom stereocenters. The predicted octanol–water partition coefficient (Wildman–Crippen LogP) is 3.50. The Hall–Kier alpha value is -0.560. The van der Waals surface area contributed by atoms with Gasteiger partial charge >= 0.3 is 0 Å². The van der Waals surface area contributed by atoms with Gasteiger partial charge in [-0.05, 0) is 17.9 Å². The highest BCUT2D eigenvalue weighted by atomic mass is 32.1. The smallest absolute Gasteiger partial charge is 0.00451 e. The zero-order valence-electron chi connectivity index (χ0n) is 6.47. The van der Waals surface area contributed by atoms with Gasteiger partial charge in [-0.1, -0.05) is 19.4 Å². The van der Waals surface area contributed by atoms with E-state index in [0.29, 0.717) is 0 Å². The number of aryl methyl sites for hydroxylation is 1. The van der Waals surface area contributed by atoms with Crippen LogP contribution in [0, 0.1) is 0 Å². The highest BCUT2D eigenvalue weighted by Gasteiger charge is 1.87. The van der Waals surface area contributed by atoms with E-state index in [4.69, 9.17) is 0 Å². The molecular formula is C9H14S. The summed E-state index contributed by atoms with van der Waals surface area (Å²) in [6.07, 6.45) is 2.51. The summed E-state index contributed by atoms with van der Waals surface area (Å²) < 4.78 is 0. The molecule has 10 heavy (non-hydrogen) atoms. The largest absolute Gasteiger partial charge is 0.149 e. The van der Waals surface area contributed by atoms with E-state index in [2.05, 4.69) is 37.6 Å². The van der Waals surface area contributed by atoms with Gasteiger partial charge in [0, 0.05) is 4.88 Å². The lowest BCUT2D eigenvalue weighted by molar-refractivity contribution is 0.940. The summed E-state index contributed by atoms with van der Waals surface area (Å²) in [5.41, 5.74) is 0. The van der Waals surface area contributed by atoms with E-state index in [1.54, 1.807) is 0 Å². The van der Waals surface area contributed by atoms with Crippen molar-refractivity contribution in [3.05, 3.63) is 35.5 Å². The zero-order chi connectivity index (χ0) is 7.82. The van der Waals surface area contributed by atoms with Crippen LogP contribution in [0.1, 0.15) is 18.2 Å². The summed E-state index contributed by atoms with van der Waals surface area (Å²) in [7, 11) is 0. The lowest BCUT2D eigenvalue weighted by atomic mass is 10.3. The van der Waals surface area contributed by atoms with Crippen LogP contribution in [0.2, 0.25) is 0 Å². The molecule has 1 heterocycles. The maximum Gasteiger partial charge on any atom is 0.00451 e. The van der Waals surface area contributed by atoms with E-state index in [1.807, 2.05) is 11.3 Å². The Morgan fingerprint density at radius 1 is 1.50 bits per heavy atom. The molecule has 1 rings (SSSR count). The third-order valence-electron chi connectivity index (χ3n) is 1.08. The molecule has 0 aliphatic carbocycles. The van der Waals surface area contributed by atoms with Crippen molar-refractivity contribution in [2.45, 2.75) is 19.8 Å². The summed E-state index contributed by atoms with van der Waals surface area (Å²) in [5, 5.41) is 2.13. The molecule has 1 heteroatoms. The second-order valence-corrected chi connectivity index (χ2v) is 2.86. The van der Waals surface area contributed by atoms with Crippen molar-refractivity contribution in [1.29, 1.82) is 0 Å². The first-order valence-corrected chi connectivity index (χ1v) is 4.34. The maximum atomic E-state index is 3.00. The Kier molecular flexibility index (Phi) is 6.19. The number of thiophene rings is 1. The molecule has 0 saturated heterocycles. The van der Waals surface area contributed by atoms with Gasteiger partial charge in [0.25, 0.3) is 0 Å². The summed E-state index contributed by atoms with van der Waals surface area (Å²) in [6.45, 7) is 8.21. The predicted molar refractivity (Wildman–Crippen MR) is 49.6 cm³/mol. The van der Waals surface area contributed by atoms with Crippen LogP contribution in [-0.2, 0) is 6.42 Å². The molecule has 0 amide bonds. The van der Waals surface area contributed by atoms with Gasteiger partial charge in [0.15, 0.2) is 0 Å². The molecule has 0 N–H and O–H groups in total. The van der Waals surface area contributed by atoms with E-state index in [9.17, 15) is 0 Å². The summed E-state index contributed by atoms with van der Waals surface area (Å²) >= 11 is 1.85. The van der Waals surface area contributed by atoms with Gasteiger partial charge in [0.1, 0.15) is 0 Å². The van der Waals surface area contributed by atoms with E-state index >= 15 is 0 Å². The van der Waals surface area contributed by atoms with E-state index in [0.717, 1.165) is 0 Å². The number of rotatable bonds is 2. The molecule has 0 bridgehead atoms. The zero-order valence-corrected chi connectivity index (χ0v) is 7.29. The Morgan fingerprint density at radius 3 is 2.60 bits per heavy atom. The van der Waals surface area contributed by atoms with Crippen molar-refractivity contribution in [2.24, 2.45) is 0 Å². The van der Waals surface area contributed by atoms with Crippen molar-refractivity contribution >= 4 is 11.3 Å². The second kappa shape index (κ2) is 6.56. The van der Waals surface area contributed by atoms with Crippen molar-refractivity contribution in [3.8, 4) is 0 Å². The summed E-state index contributed by atoms with van der Waals surface area (Å²) in [5.74, 6) is 0. The van der Waals surface area contributed by atoms with Crippen molar-refractivity contribution in [2.75, 3.05) is 0 Å². The van der Waals surface area contributed by atoms with E-state index in [-0.39, 0.29) is 0 Å². The van der Waals surface area contributed by atoms with Crippen molar-refractivity contribution < 1.29 is 0 Å². The van der Waals surface area contributed by atoms with Crippen LogP contribution in [0.25, 0.3) is 0 Å². The summed E-state index contributed by atoms with van der Waals surface area (Å²) in [6, 6.07) is 4.30. The molecule has 0 unspecified atom stereocenters. The first-order valence-electron chi connectivity index (χ1n) is 3.46. The Morgan fingerprint density at radius 2 is 2.20 bits per heavy atom. The Labute approximate surface area is 67.2 Å². The topological polar surface area (TPSA) is 0 Å². The first-order chi connectivity index (χ1) is 4.93. The molecule has 0 saturated carbocycles. The second-order valence-electron chi connectivity index (χ2n) is 1.83. The van der Waals surface area contributed by atoms with Gasteiger partial charge in [0.05, 0.1) is 0 Å². The van der Waals surface area contributed by atoms with Gasteiger partial charge in [0.2, 0.25) is 0 Å². The average Bonchev–Trinajstić information content (AvgIpc) is 2.46. The van der Waals surface area contributed by atoms with Crippen LogP contribution in [0.4, 0.5) is 0 Å². The number of hydrogen-bond acceptors (Lipinski definition) is 1. The van der Waals surface area contributed by atoms with Crippen LogP contribution < -0.4 is 0 Å². The fourth-order valence-electron chi connectivity index (χ4n) is 0.701. The minimum atomic E-state index is 1.25. The molecule has 56 valence electrons. The highest BCUT2D eigenvalue weighted by Crippen LogP contribution is 2.09. The monoisotopic (exact) mass is 154 g/mol. The molecule has 0 spiro atoms. The molecular weight excluding hydrogens is 140 g/mol. The Balaban J connectivity index is 0.000000371. The molecule has 0 aliphatic rings. The summed E-state index contributed by atoms with van der Waals surface area (Å²) in [4.78, 5) is 1.51. The average molecular weight is 154 g/mol. The fraction of sp³-hybridized carbons (Fsp3) is 0.333. The standard InChI is InChI=1S/C7H10S.C2H4/c1-2-4-7-5-3-6-8-7;1-2/h3,5-6H,2,4H2,1H3;1-2H2. The molecule has 0 aliphatic heterocycles. The van der Waals surface area contributed by atoms with Crippen molar-refractivity contribution in [1.82, 2.24) is 0 Å². The van der Waals surface area contributed by atoms with Crippen LogP contribution in [0.3, 0.4) is 0 Å². The minimum absolute atomic E-state index is 1.25. The van der Waals surface area contributed by atoms with Crippen molar-refractivity contribution in [3.63, 3.8) is 0 Å². The quantitative estimate of drug-likeness (QED) is 0.572. The minimum Gasteiger partial charge on any atom is -0.149 e. The third-order valence-corrected chi connectivity index (χ3v) is 2.01. The number of hydrogen-bond donors (Lipinski definition) is 0. The normalized spacial score (nSPS) is 8.10. The molecule has 0 nitrogen and oxygen atoms in total. The van der Waals surface area contributed by atoms with Crippen LogP contribution in [0.5, 0.6) is 0 Å². The fourth-order valence-corrected chi connectivity index (χ4v) is 1.51. The van der Waals surface area contributed by atoms with Crippen LogP contribution >= 0.6 is 11.3 Å². The maximum absolute atomic E-state index is 3.00. The molecule has 0 fully saturated rings. The third kappa shape index (κ3) is 3.46. The molecule has 0 radical (unpaired) electrons. The first kappa shape index (κ1) is 9.44. The van der Waals surface area contributed by atoms with Gasteiger partial charge in [-0.15, -0.1) is 24.5 Å².